The van der Waals surface area contributed by atoms with Crippen molar-refractivity contribution in [2.45, 2.75) is 108 Å². The maximum absolute atomic E-state index is 4.31. The largest absolute Gasteiger partial charge is 0.112 e. The molecule has 4 rings (SSSR count). The van der Waals surface area contributed by atoms with Gasteiger partial charge in [0.15, 0.2) is 0 Å². The molecule has 4 bridgehead atoms. The van der Waals surface area contributed by atoms with Crippen LogP contribution in [0.3, 0.4) is 0 Å². The summed E-state index contributed by atoms with van der Waals surface area (Å²) >= 11 is 8.61. The van der Waals surface area contributed by atoms with Crippen molar-refractivity contribution < 1.29 is 0 Å². The molecule has 0 radical (unpaired) electrons. The van der Waals surface area contributed by atoms with Crippen LogP contribution in [0.25, 0.3) is 0 Å². The number of hydrogen-bond acceptors (Lipinski definition) is 0. The third-order valence-electron chi connectivity index (χ3n) is 6.98. The highest BCUT2D eigenvalue weighted by molar-refractivity contribution is 9.25. The summed E-state index contributed by atoms with van der Waals surface area (Å²) in [5.74, 6) is 0. The van der Waals surface area contributed by atoms with Crippen molar-refractivity contribution in [2.24, 2.45) is 0 Å². The van der Waals surface area contributed by atoms with Crippen LogP contribution in [0.1, 0.15) is 83.5 Å². The minimum absolute atomic E-state index is 0.233. The molecule has 0 N–H and O–H groups in total. The van der Waals surface area contributed by atoms with Gasteiger partial charge in [0.25, 0.3) is 0 Å². The van der Waals surface area contributed by atoms with Crippen LogP contribution in [0.2, 0.25) is 0 Å². The summed E-state index contributed by atoms with van der Waals surface area (Å²) in [6.45, 7) is 0. The molecule has 4 aliphatic rings. The fourth-order valence-corrected chi connectivity index (χ4v) is 14.0. The zero-order valence-corrected chi connectivity index (χ0v) is 18.8. The number of fused-ring (bicyclic) bond motifs is 4. The van der Waals surface area contributed by atoms with Gasteiger partial charge < -0.3 is 0 Å². The minimum atomic E-state index is 0.233. The lowest BCUT2D eigenvalue weighted by molar-refractivity contribution is 0.305. The summed E-state index contributed by atoms with van der Waals surface area (Å²) in [6, 6.07) is 0. The smallest absolute Gasteiger partial charge is 0.0906 e. The molecule has 0 amide bonds. The maximum Gasteiger partial charge on any atom is 0.0906 e. The number of alkyl halides is 2. The molecule has 4 aliphatic heterocycles. The van der Waals surface area contributed by atoms with Crippen molar-refractivity contribution >= 4 is 49.0 Å². The zero-order chi connectivity index (χ0) is 15.3. The SMILES string of the molecule is BrC(Br)(CC12CCCC(CCC1)P2)C12CCCC(CCC1)P2. The Balaban J connectivity index is 1.55. The molecule has 2 atom stereocenters. The van der Waals surface area contributed by atoms with Crippen LogP contribution in [0, 0.1) is 0 Å². The molecule has 4 saturated heterocycles. The molecule has 0 aromatic carbocycles. The average molecular weight is 468 g/mol. The van der Waals surface area contributed by atoms with E-state index < -0.39 is 0 Å². The summed E-state index contributed by atoms with van der Waals surface area (Å²) in [5, 5.41) is 1.27. The van der Waals surface area contributed by atoms with E-state index in [1.807, 2.05) is 0 Å². The Morgan fingerprint density at radius 1 is 0.773 bits per heavy atom. The maximum atomic E-state index is 4.31. The van der Waals surface area contributed by atoms with Gasteiger partial charge in [-0.1, -0.05) is 57.5 Å². The minimum Gasteiger partial charge on any atom is -0.112 e. The van der Waals surface area contributed by atoms with Crippen LogP contribution in [-0.2, 0) is 0 Å². The Kier molecular flexibility index (Phi) is 5.11. The second-order valence-electron chi connectivity index (χ2n) is 8.50. The van der Waals surface area contributed by atoms with Crippen LogP contribution >= 0.6 is 49.0 Å². The Hall–Kier alpha value is 1.82. The van der Waals surface area contributed by atoms with Crippen molar-refractivity contribution in [3.8, 4) is 0 Å². The van der Waals surface area contributed by atoms with Gasteiger partial charge in [-0.25, -0.2) is 0 Å². The van der Waals surface area contributed by atoms with Gasteiger partial charge in [-0.3, -0.25) is 0 Å². The van der Waals surface area contributed by atoms with Gasteiger partial charge in [-0.15, -0.1) is 17.2 Å². The molecule has 126 valence electrons. The fourth-order valence-electron chi connectivity index (χ4n) is 5.91. The van der Waals surface area contributed by atoms with E-state index >= 15 is 0 Å². The summed E-state index contributed by atoms with van der Waals surface area (Å²) in [5.41, 5.74) is 2.14. The zero-order valence-electron chi connectivity index (χ0n) is 13.6. The third-order valence-corrected chi connectivity index (χ3v) is 14.5. The molecule has 0 aromatic heterocycles. The average Bonchev–Trinajstić information content (AvgIpc) is 2.46. The van der Waals surface area contributed by atoms with Gasteiger partial charge in [-0.2, -0.15) is 0 Å². The van der Waals surface area contributed by atoms with Gasteiger partial charge in [0.05, 0.1) is 3.23 Å². The van der Waals surface area contributed by atoms with Crippen LogP contribution in [0.4, 0.5) is 0 Å². The summed E-state index contributed by atoms with van der Waals surface area (Å²) in [6.07, 6.45) is 19.5. The van der Waals surface area contributed by atoms with E-state index in [-0.39, 0.29) is 3.23 Å². The van der Waals surface area contributed by atoms with E-state index in [1.165, 1.54) is 101 Å². The van der Waals surface area contributed by atoms with Gasteiger partial charge in [0, 0.05) is 5.16 Å². The normalized spacial score (nSPS) is 47.7. The monoisotopic (exact) mass is 466 g/mol. The van der Waals surface area contributed by atoms with Crippen LogP contribution < -0.4 is 0 Å². The van der Waals surface area contributed by atoms with Crippen LogP contribution in [0.15, 0.2) is 0 Å². The van der Waals surface area contributed by atoms with Crippen molar-refractivity contribution in [3.05, 3.63) is 0 Å². The molecule has 0 aromatic rings. The predicted octanol–water partition coefficient (Wildman–Crippen LogP) is 7.17. The molecule has 2 unspecified atom stereocenters. The Bertz CT molecular complexity index is 403. The van der Waals surface area contributed by atoms with Gasteiger partial charge >= 0.3 is 0 Å². The Morgan fingerprint density at radius 3 is 1.86 bits per heavy atom. The molecule has 0 saturated carbocycles. The van der Waals surface area contributed by atoms with Crippen molar-refractivity contribution in [3.63, 3.8) is 0 Å². The topological polar surface area (TPSA) is 0 Å². The quantitative estimate of drug-likeness (QED) is 0.305. The number of rotatable bonds is 3. The van der Waals surface area contributed by atoms with Gasteiger partial charge in [0.2, 0.25) is 0 Å². The first-order valence-corrected chi connectivity index (χ1v) is 13.2. The third kappa shape index (κ3) is 3.15. The van der Waals surface area contributed by atoms with Crippen LogP contribution in [-0.4, -0.2) is 24.9 Å². The summed E-state index contributed by atoms with van der Waals surface area (Å²) < 4.78 is 0.233. The highest BCUT2D eigenvalue weighted by Crippen LogP contribution is 2.68. The highest BCUT2D eigenvalue weighted by Gasteiger charge is 2.55. The molecular formula is C18H30Br2P2. The molecule has 4 heteroatoms. The highest BCUT2D eigenvalue weighted by atomic mass is 79.9. The first-order chi connectivity index (χ1) is 10.5. The Morgan fingerprint density at radius 2 is 1.27 bits per heavy atom. The second-order valence-corrected chi connectivity index (χ2v) is 16.5. The van der Waals surface area contributed by atoms with E-state index in [2.05, 4.69) is 31.9 Å². The molecule has 4 fully saturated rings. The molecule has 0 spiro atoms. The molecule has 22 heavy (non-hydrogen) atoms. The summed E-state index contributed by atoms with van der Waals surface area (Å²) in [4.78, 5) is 0. The van der Waals surface area contributed by atoms with Crippen molar-refractivity contribution in [1.82, 2.24) is 0 Å². The van der Waals surface area contributed by atoms with E-state index in [1.54, 1.807) is 0 Å². The lowest BCUT2D eigenvalue weighted by Gasteiger charge is -2.56. The van der Waals surface area contributed by atoms with Crippen molar-refractivity contribution in [1.29, 1.82) is 0 Å². The molecule has 0 aliphatic carbocycles. The standard InChI is InChI=1S/C18H30Br2P2/c19-18(20,17-11-3-7-15(22-17)8-4-12-17)13-16-9-1-5-14(21-16)6-2-10-16/h14-15,21-22H,1-13H2. The number of hydrogen-bond donors (Lipinski definition) is 0. The second kappa shape index (κ2) is 6.52. The number of halogens is 2. The first-order valence-electron chi connectivity index (χ1n) is 9.46. The molecule has 0 nitrogen and oxygen atoms in total. The Labute approximate surface area is 156 Å². The van der Waals surface area contributed by atoms with E-state index in [4.69, 9.17) is 0 Å². The van der Waals surface area contributed by atoms with E-state index in [0.29, 0.717) is 10.3 Å². The molecular weight excluding hydrogens is 438 g/mol. The lowest BCUT2D eigenvalue weighted by Crippen LogP contribution is -2.51. The predicted molar refractivity (Wildman–Crippen MR) is 110 cm³/mol. The first kappa shape index (κ1) is 17.2. The lowest BCUT2D eigenvalue weighted by atomic mass is 9.79. The summed E-state index contributed by atoms with van der Waals surface area (Å²) in [7, 11) is 2.46. The molecule has 4 heterocycles. The van der Waals surface area contributed by atoms with Gasteiger partial charge in [-0.05, 0) is 74.3 Å². The van der Waals surface area contributed by atoms with Crippen LogP contribution in [0.5, 0.6) is 0 Å². The van der Waals surface area contributed by atoms with E-state index in [9.17, 15) is 0 Å². The van der Waals surface area contributed by atoms with Gasteiger partial charge in [0.1, 0.15) is 0 Å². The van der Waals surface area contributed by atoms with E-state index in [0.717, 1.165) is 11.3 Å². The fraction of sp³-hybridized carbons (Fsp3) is 1.00. The van der Waals surface area contributed by atoms with Crippen molar-refractivity contribution in [2.75, 3.05) is 0 Å².